The molecule has 2 aromatic carbocycles. The number of Topliss-reactive ketones (excluding diaryl/α,β-unsaturated/α-hetero) is 1. The molecule has 3 rings (SSSR count). The van der Waals surface area contributed by atoms with Crippen LogP contribution in [0.4, 0.5) is 0 Å². The highest BCUT2D eigenvalue weighted by Crippen LogP contribution is 2.24. The molecule has 0 bridgehead atoms. The second kappa shape index (κ2) is 15.4. The fourth-order valence-electron chi connectivity index (χ4n) is 3.85. The fourth-order valence-corrected chi connectivity index (χ4v) is 3.85. The van der Waals surface area contributed by atoms with Gasteiger partial charge in [-0.25, -0.2) is 4.79 Å². The van der Waals surface area contributed by atoms with Gasteiger partial charge in [-0.1, -0.05) is 69.0 Å². The Morgan fingerprint density at radius 1 is 0.973 bits per heavy atom. The molecule has 0 radical (unpaired) electrons. The molecular weight excluding hydrogens is 464 g/mol. The van der Waals surface area contributed by atoms with E-state index in [2.05, 4.69) is 30.3 Å². The number of esters is 1. The number of hydrogen-bond acceptors (Lipinski definition) is 6. The zero-order valence-electron chi connectivity index (χ0n) is 22.6. The van der Waals surface area contributed by atoms with Crippen LogP contribution in [0.25, 0.3) is 5.76 Å². The lowest BCUT2D eigenvalue weighted by Crippen LogP contribution is -2.36. The van der Waals surface area contributed by atoms with Crippen molar-refractivity contribution < 1.29 is 19.1 Å². The number of ether oxygens (including phenoxy) is 2. The van der Waals surface area contributed by atoms with Gasteiger partial charge in [-0.05, 0) is 63.0 Å². The number of benzene rings is 2. The lowest BCUT2D eigenvalue weighted by molar-refractivity contribution is -0.147. The maximum absolute atomic E-state index is 12.0. The van der Waals surface area contributed by atoms with Gasteiger partial charge in [0.25, 0.3) is 0 Å². The summed E-state index contributed by atoms with van der Waals surface area (Å²) in [7, 11) is 1.45. The molecule has 0 amide bonds. The highest BCUT2D eigenvalue weighted by Gasteiger charge is 2.27. The topological polar surface area (TPSA) is 68.7 Å². The molecule has 37 heavy (non-hydrogen) atoms. The Kier molecular flexibility index (Phi) is 12.2. The Hall–Kier alpha value is -3.77. The molecule has 0 aliphatic carbocycles. The van der Waals surface area contributed by atoms with Crippen LogP contribution in [0.15, 0.2) is 79.6 Å². The van der Waals surface area contributed by atoms with Gasteiger partial charge in [-0.3, -0.25) is 14.7 Å². The van der Waals surface area contributed by atoms with Crippen molar-refractivity contribution in [2.45, 2.75) is 46.6 Å². The van der Waals surface area contributed by atoms with Gasteiger partial charge in [0.2, 0.25) is 0 Å². The lowest BCUT2D eigenvalue weighted by atomic mass is 10.0. The van der Waals surface area contributed by atoms with Crippen LogP contribution in [0.3, 0.4) is 0 Å². The van der Waals surface area contributed by atoms with Gasteiger partial charge in [0, 0.05) is 17.3 Å². The summed E-state index contributed by atoms with van der Waals surface area (Å²) < 4.78 is 10.7. The van der Waals surface area contributed by atoms with E-state index in [0.717, 1.165) is 42.6 Å². The summed E-state index contributed by atoms with van der Waals surface area (Å²) in [6, 6.07) is 18.7. The molecule has 0 spiro atoms. The van der Waals surface area contributed by atoms with Crippen molar-refractivity contribution in [3.8, 4) is 5.75 Å². The van der Waals surface area contributed by atoms with Crippen LogP contribution in [0.1, 0.15) is 66.7 Å². The highest BCUT2D eigenvalue weighted by molar-refractivity contribution is 5.94. The first kappa shape index (κ1) is 29.5. The Labute approximate surface area is 221 Å². The highest BCUT2D eigenvalue weighted by atomic mass is 16.5. The molecule has 3 aromatic rings. The average Bonchev–Trinajstić information content (AvgIpc) is 2.91. The number of hydrogen-bond donors (Lipinski definition) is 0. The van der Waals surface area contributed by atoms with Crippen molar-refractivity contribution in [1.29, 1.82) is 0 Å². The molecular formula is C31H38N2O4. The molecule has 0 aliphatic heterocycles. The van der Waals surface area contributed by atoms with Crippen LogP contribution in [0.2, 0.25) is 0 Å². The quantitative estimate of drug-likeness (QED) is 0.166. The molecule has 1 aromatic heterocycles. The van der Waals surface area contributed by atoms with Crippen LogP contribution in [0, 0.1) is 6.92 Å². The largest absolute Gasteiger partial charge is 0.468 e. The molecule has 1 atom stereocenters. The first-order valence-electron chi connectivity index (χ1n) is 12.6. The van der Waals surface area contributed by atoms with E-state index in [9.17, 15) is 9.59 Å². The van der Waals surface area contributed by atoms with Gasteiger partial charge in [0.1, 0.15) is 17.6 Å². The Morgan fingerprint density at radius 3 is 2.19 bits per heavy atom. The van der Waals surface area contributed by atoms with Crippen molar-refractivity contribution in [3.63, 3.8) is 0 Å². The first-order chi connectivity index (χ1) is 17.8. The normalized spacial score (nSPS) is 11.2. The molecule has 0 fully saturated rings. The molecule has 0 saturated heterocycles. The van der Waals surface area contributed by atoms with Crippen LogP contribution in [0.5, 0.6) is 5.75 Å². The first-order valence-corrected chi connectivity index (χ1v) is 12.6. The van der Waals surface area contributed by atoms with E-state index >= 15 is 0 Å². The van der Waals surface area contributed by atoms with Gasteiger partial charge >= 0.3 is 5.97 Å². The van der Waals surface area contributed by atoms with Crippen molar-refractivity contribution in [1.82, 2.24) is 9.88 Å². The minimum atomic E-state index is -0.281. The maximum atomic E-state index is 12.0. The predicted molar refractivity (Wildman–Crippen MR) is 148 cm³/mol. The molecule has 0 N–H and O–H groups in total. The summed E-state index contributed by atoms with van der Waals surface area (Å²) in [6.07, 6.45) is 5.41. The number of aryl methyl sites for hydroxylation is 1. The van der Waals surface area contributed by atoms with Gasteiger partial charge in [-0.15, -0.1) is 0 Å². The van der Waals surface area contributed by atoms with E-state index in [1.54, 1.807) is 24.5 Å². The number of methoxy groups -OCH3 is 1. The van der Waals surface area contributed by atoms with E-state index < -0.39 is 0 Å². The molecule has 1 heterocycles. The van der Waals surface area contributed by atoms with Gasteiger partial charge in [0.05, 0.1) is 13.3 Å². The standard InChI is InChI=1S/C16H15NO2.C15H23NO2/c1-11-7-8-17-10-16(11)19-13(3)15-6-4-5-14(9-15)12(2)18;1-4-11-16(12-5-2)14(15(17)18-3)13-9-7-6-8-10-13/h4-10H,3H2,1-2H3;6-10,14H,4-5,11-12H2,1-3H3. The zero-order valence-corrected chi connectivity index (χ0v) is 22.6. The van der Waals surface area contributed by atoms with Crippen molar-refractivity contribution in [2.24, 2.45) is 0 Å². The SMILES string of the molecule is C=C(Oc1cnccc1C)c1cccc(C(C)=O)c1.CCCN(CCC)C(C(=O)OC)c1ccccc1. The van der Waals surface area contributed by atoms with Crippen LogP contribution < -0.4 is 4.74 Å². The zero-order chi connectivity index (χ0) is 27.2. The maximum Gasteiger partial charge on any atom is 0.327 e. The fraction of sp³-hybridized carbons (Fsp3) is 0.323. The molecule has 1 unspecified atom stereocenters. The van der Waals surface area contributed by atoms with Gasteiger partial charge in [-0.2, -0.15) is 0 Å². The summed E-state index contributed by atoms with van der Waals surface area (Å²) >= 11 is 0. The molecule has 0 saturated carbocycles. The monoisotopic (exact) mass is 502 g/mol. The van der Waals surface area contributed by atoms with Crippen molar-refractivity contribution in [2.75, 3.05) is 20.2 Å². The Bertz CT molecular complexity index is 1150. The molecule has 6 heteroatoms. The Balaban J connectivity index is 0.000000261. The number of nitrogens with zero attached hydrogens (tertiary/aromatic N) is 2. The number of pyridine rings is 1. The summed E-state index contributed by atoms with van der Waals surface area (Å²) in [5.41, 5.74) is 3.42. The van der Waals surface area contributed by atoms with E-state index in [1.165, 1.54) is 14.0 Å². The number of ketones is 1. The molecule has 196 valence electrons. The van der Waals surface area contributed by atoms with E-state index in [0.29, 0.717) is 17.1 Å². The van der Waals surface area contributed by atoms with E-state index in [-0.39, 0.29) is 17.8 Å². The minimum Gasteiger partial charge on any atom is -0.468 e. The molecule has 6 nitrogen and oxygen atoms in total. The number of carbonyl (C=O) groups excluding carboxylic acids is 2. The number of carbonyl (C=O) groups is 2. The smallest absolute Gasteiger partial charge is 0.327 e. The summed E-state index contributed by atoms with van der Waals surface area (Å²) in [5, 5.41) is 0. The third-order valence-corrected chi connectivity index (χ3v) is 5.74. The van der Waals surface area contributed by atoms with Gasteiger partial charge < -0.3 is 9.47 Å². The third-order valence-electron chi connectivity index (χ3n) is 5.74. The summed E-state index contributed by atoms with van der Waals surface area (Å²) in [4.78, 5) is 29.6. The predicted octanol–water partition coefficient (Wildman–Crippen LogP) is 6.67. The van der Waals surface area contributed by atoms with Crippen LogP contribution in [-0.2, 0) is 9.53 Å². The minimum absolute atomic E-state index is 0.0206. The average molecular weight is 503 g/mol. The van der Waals surface area contributed by atoms with Crippen LogP contribution in [-0.4, -0.2) is 41.8 Å². The second-order valence-electron chi connectivity index (χ2n) is 8.68. The van der Waals surface area contributed by atoms with Gasteiger partial charge in [0.15, 0.2) is 5.78 Å². The lowest BCUT2D eigenvalue weighted by Gasteiger charge is -2.29. The van der Waals surface area contributed by atoms with Crippen LogP contribution >= 0.6 is 0 Å². The summed E-state index contributed by atoms with van der Waals surface area (Å²) in [6.45, 7) is 13.4. The van der Waals surface area contributed by atoms with Crippen molar-refractivity contribution in [3.05, 3.63) is 102 Å². The van der Waals surface area contributed by atoms with Crippen molar-refractivity contribution >= 4 is 17.5 Å². The molecule has 0 aliphatic rings. The number of aromatic nitrogens is 1. The summed E-state index contributed by atoms with van der Waals surface area (Å²) in [5.74, 6) is 1.01. The second-order valence-corrected chi connectivity index (χ2v) is 8.68. The Morgan fingerprint density at radius 2 is 1.62 bits per heavy atom. The number of rotatable bonds is 11. The van der Waals surface area contributed by atoms with E-state index in [1.807, 2.05) is 55.5 Å². The third kappa shape index (κ3) is 8.99. The van der Waals surface area contributed by atoms with E-state index in [4.69, 9.17) is 9.47 Å².